The Hall–Kier alpha value is -2.84. The molecular formula is C26H27F3N2O3. The number of halogens is 3. The van der Waals surface area contributed by atoms with Gasteiger partial charge >= 0.3 is 0 Å². The van der Waals surface area contributed by atoms with Gasteiger partial charge in [0.25, 0.3) is 0 Å². The molecule has 3 N–H and O–H groups in total. The fourth-order valence-corrected chi connectivity index (χ4v) is 5.39. The Balaban J connectivity index is 1.39. The Morgan fingerprint density at radius 2 is 1.65 bits per heavy atom. The van der Waals surface area contributed by atoms with Gasteiger partial charge < -0.3 is 20.1 Å². The molecule has 0 unspecified atom stereocenters. The summed E-state index contributed by atoms with van der Waals surface area (Å²) >= 11 is 0. The first-order valence-corrected chi connectivity index (χ1v) is 11.6. The number of likely N-dealkylation sites (tertiary alicyclic amines) is 1. The first-order chi connectivity index (χ1) is 16.3. The van der Waals surface area contributed by atoms with Gasteiger partial charge in [-0.25, -0.2) is 13.2 Å². The van der Waals surface area contributed by atoms with Crippen LogP contribution >= 0.6 is 0 Å². The van der Waals surface area contributed by atoms with E-state index in [0.717, 1.165) is 11.6 Å². The number of aromatic nitrogens is 1. The van der Waals surface area contributed by atoms with Crippen molar-refractivity contribution in [3.05, 3.63) is 59.4 Å². The first kappa shape index (κ1) is 22.9. The number of carbonyl (C=O) groups excluding carboxylic acids is 1. The SMILES string of the molecule is O=C([C@H]1C[C@H](c2c(-c3ccc(F)cc3)[nH]c3c(F)cc(F)cc32)C1)N1CCC(CO)(CO)CC1. The van der Waals surface area contributed by atoms with Crippen LogP contribution in [0.5, 0.6) is 0 Å². The summed E-state index contributed by atoms with van der Waals surface area (Å²) in [5.41, 5.74) is 1.71. The lowest BCUT2D eigenvalue weighted by Crippen LogP contribution is -2.49. The molecule has 0 radical (unpaired) electrons. The van der Waals surface area contributed by atoms with Crippen molar-refractivity contribution in [2.75, 3.05) is 26.3 Å². The Kier molecular flexibility index (Phi) is 5.90. The Morgan fingerprint density at radius 3 is 2.26 bits per heavy atom. The Labute approximate surface area is 195 Å². The van der Waals surface area contributed by atoms with Gasteiger partial charge in [0, 0.05) is 35.9 Å². The number of rotatable bonds is 5. The summed E-state index contributed by atoms with van der Waals surface area (Å²) in [6.45, 7) is 0.782. The second kappa shape index (κ2) is 8.74. The van der Waals surface area contributed by atoms with Crippen molar-refractivity contribution in [3.8, 4) is 11.3 Å². The van der Waals surface area contributed by atoms with Crippen molar-refractivity contribution in [3.63, 3.8) is 0 Å². The normalized spacial score (nSPS) is 22.1. The van der Waals surface area contributed by atoms with Gasteiger partial charge in [-0.1, -0.05) is 0 Å². The third-order valence-electron chi connectivity index (χ3n) is 7.70. The Bertz CT molecular complexity index is 1200. The van der Waals surface area contributed by atoms with Gasteiger partial charge in [-0.3, -0.25) is 4.79 Å². The first-order valence-electron chi connectivity index (χ1n) is 11.6. The summed E-state index contributed by atoms with van der Waals surface area (Å²) in [6, 6.07) is 7.98. The minimum absolute atomic E-state index is 0.0428. The number of aromatic amines is 1. The maximum Gasteiger partial charge on any atom is 0.225 e. The van der Waals surface area contributed by atoms with E-state index in [-0.39, 0.29) is 42.3 Å². The number of piperidine rings is 1. The van der Waals surface area contributed by atoms with Gasteiger partial charge in [-0.2, -0.15) is 0 Å². The standard InChI is InChI=1S/C26H27F3N2O3/c27-18-3-1-15(2-4-18)23-22(20-11-19(28)12-21(29)24(20)30-23)16-9-17(10-16)25(34)31-7-5-26(13-32,14-33)6-8-31/h1-4,11-12,16-17,30,32-33H,5-10,13-14H2/t16-,17-. The number of benzene rings is 2. The molecule has 0 atom stereocenters. The zero-order valence-electron chi connectivity index (χ0n) is 18.7. The molecule has 2 aliphatic rings. The van der Waals surface area contributed by atoms with Crippen LogP contribution in [0.1, 0.15) is 37.2 Å². The van der Waals surface area contributed by atoms with Crippen LogP contribution in [-0.4, -0.2) is 52.3 Å². The fraction of sp³-hybridized carbons (Fsp3) is 0.423. The zero-order chi connectivity index (χ0) is 24.0. The summed E-state index contributed by atoms with van der Waals surface area (Å²) in [5.74, 6) is -1.97. The number of hydrogen-bond donors (Lipinski definition) is 3. The molecule has 1 saturated heterocycles. The van der Waals surface area contributed by atoms with Crippen molar-refractivity contribution in [2.24, 2.45) is 11.3 Å². The molecule has 0 bridgehead atoms. The summed E-state index contributed by atoms with van der Waals surface area (Å²) in [6.07, 6.45) is 2.22. The molecule has 1 saturated carbocycles. The lowest BCUT2D eigenvalue weighted by Gasteiger charge is -2.43. The molecule has 3 aromatic rings. The van der Waals surface area contributed by atoms with Crippen molar-refractivity contribution in [1.29, 1.82) is 0 Å². The van der Waals surface area contributed by atoms with E-state index >= 15 is 0 Å². The number of amides is 1. The van der Waals surface area contributed by atoms with E-state index < -0.39 is 17.0 Å². The van der Waals surface area contributed by atoms with E-state index in [1.807, 2.05) is 0 Å². The van der Waals surface area contributed by atoms with Crippen molar-refractivity contribution < 1.29 is 28.2 Å². The topological polar surface area (TPSA) is 76.6 Å². The number of H-pyrrole nitrogens is 1. The molecule has 34 heavy (non-hydrogen) atoms. The summed E-state index contributed by atoms with van der Waals surface area (Å²) in [4.78, 5) is 17.9. The average Bonchev–Trinajstić information content (AvgIpc) is 3.18. The molecule has 0 spiro atoms. The van der Waals surface area contributed by atoms with Crippen LogP contribution in [0.4, 0.5) is 13.2 Å². The predicted molar refractivity (Wildman–Crippen MR) is 121 cm³/mol. The average molecular weight is 473 g/mol. The maximum atomic E-state index is 14.5. The molecule has 2 aromatic carbocycles. The molecule has 2 heterocycles. The van der Waals surface area contributed by atoms with Gasteiger partial charge in [0.15, 0.2) is 0 Å². The smallest absolute Gasteiger partial charge is 0.225 e. The lowest BCUT2D eigenvalue weighted by atomic mass is 9.69. The maximum absolute atomic E-state index is 14.5. The van der Waals surface area contributed by atoms with E-state index in [4.69, 9.17) is 0 Å². The van der Waals surface area contributed by atoms with E-state index in [1.165, 1.54) is 18.2 Å². The van der Waals surface area contributed by atoms with E-state index in [2.05, 4.69) is 4.98 Å². The molecule has 1 amide bonds. The van der Waals surface area contributed by atoms with Crippen molar-refractivity contribution >= 4 is 16.8 Å². The number of carbonyl (C=O) groups is 1. The van der Waals surface area contributed by atoms with Crippen molar-refractivity contribution in [2.45, 2.75) is 31.6 Å². The number of nitrogens with zero attached hydrogens (tertiary/aromatic N) is 1. The molecule has 1 aromatic heterocycles. The highest BCUT2D eigenvalue weighted by molar-refractivity contribution is 5.92. The second-order valence-electron chi connectivity index (χ2n) is 9.74. The zero-order valence-corrected chi connectivity index (χ0v) is 18.7. The monoisotopic (exact) mass is 472 g/mol. The van der Waals surface area contributed by atoms with Crippen LogP contribution in [0.25, 0.3) is 22.2 Å². The number of nitrogens with one attached hydrogen (secondary N) is 1. The van der Waals surface area contributed by atoms with E-state index in [1.54, 1.807) is 17.0 Å². The number of aliphatic hydroxyl groups excluding tert-OH is 2. The van der Waals surface area contributed by atoms with Crippen LogP contribution < -0.4 is 0 Å². The summed E-state index contributed by atoms with van der Waals surface area (Å²) in [7, 11) is 0. The molecule has 1 aliphatic heterocycles. The molecule has 2 fully saturated rings. The molecule has 5 nitrogen and oxygen atoms in total. The summed E-state index contributed by atoms with van der Waals surface area (Å²) in [5, 5.41) is 19.6. The van der Waals surface area contributed by atoms with E-state index in [9.17, 15) is 28.2 Å². The second-order valence-corrected chi connectivity index (χ2v) is 9.74. The molecule has 5 rings (SSSR count). The van der Waals surface area contributed by atoms with Gasteiger partial charge in [0.2, 0.25) is 5.91 Å². The van der Waals surface area contributed by atoms with Crippen LogP contribution in [0.3, 0.4) is 0 Å². The van der Waals surface area contributed by atoms with Crippen LogP contribution in [0.15, 0.2) is 36.4 Å². The number of fused-ring (bicyclic) bond motifs is 1. The lowest BCUT2D eigenvalue weighted by molar-refractivity contribution is -0.142. The minimum Gasteiger partial charge on any atom is -0.396 e. The predicted octanol–water partition coefficient (Wildman–Crippen LogP) is 4.34. The highest BCUT2D eigenvalue weighted by Gasteiger charge is 2.42. The molecule has 8 heteroatoms. The van der Waals surface area contributed by atoms with Crippen LogP contribution in [-0.2, 0) is 4.79 Å². The highest BCUT2D eigenvalue weighted by Crippen LogP contribution is 2.49. The molecule has 180 valence electrons. The van der Waals surface area contributed by atoms with Crippen LogP contribution in [0.2, 0.25) is 0 Å². The van der Waals surface area contributed by atoms with Gasteiger partial charge in [-0.05, 0) is 73.1 Å². The fourth-order valence-electron chi connectivity index (χ4n) is 5.39. The third kappa shape index (κ3) is 3.88. The van der Waals surface area contributed by atoms with Gasteiger partial charge in [0.05, 0.1) is 24.4 Å². The molecule has 1 aliphatic carbocycles. The van der Waals surface area contributed by atoms with Gasteiger partial charge in [-0.15, -0.1) is 0 Å². The third-order valence-corrected chi connectivity index (χ3v) is 7.70. The quantitative estimate of drug-likeness (QED) is 0.517. The largest absolute Gasteiger partial charge is 0.396 e. The number of hydrogen-bond acceptors (Lipinski definition) is 3. The van der Waals surface area contributed by atoms with Crippen molar-refractivity contribution in [1.82, 2.24) is 9.88 Å². The molecular weight excluding hydrogens is 445 g/mol. The highest BCUT2D eigenvalue weighted by atomic mass is 19.1. The summed E-state index contributed by atoms with van der Waals surface area (Å²) < 4.78 is 42.1. The van der Waals surface area contributed by atoms with Crippen LogP contribution in [0, 0.1) is 28.8 Å². The number of aliphatic hydroxyl groups is 2. The van der Waals surface area contributed by atoms with Gasteiger partial charge in [0.1, 0.15) is 17.5 Å². The Morgan fingerprint density at radius 1 is 1.00 bits per heavy atom. The van der Waals surface area contributed by atoms with E-state index in [0.29, 0.717) is 55.4 Å². The minimum atomic E-state index is -0.693.